The number of amides is 1. The second kappa shape index (κ2) is 11.9. The van der Waals surface area contributed by atoms with E-state index in [1.165, 1.54) is 23.7 Å². The van der Waals surface area contributed by atoms with Crippen molar-refractivity contribution in [1.82, 2.24) is 30.2 Å². The first-order valence-corrected chi connectivity index (χ1v) is 15.2. The molecule has 5 rings (SSSR count). The predicted octanol–water partition coefficient (Wildman–Crippen LogP) is 3.06. The van der Waals surface area contributed by atoms with E-state index in [1.54, 1.807) is 24.5 Å². The van der Waals surface area contributed by atoms with Gasteiger partial charge < -0.3 is 15.0 Å². The minimum Gasteiger partial charge on any atom is -0.477 e. The summed E-state index contributed by atoms with van der Waals surface area (Å²) in [4.78, 5) is 33.4. The molecule has 11 nitrogen and oxygen atoms in total. The van der Waals surface area contributed by atoms with E-state index in [9.17, 15) is 17.6 Å². The molecule has 3 aromatic rings. The molecule has 14 heteroatoms. The number of nitrogens with zero attached hydrogens (tertiary/aromatic N) is 5. The van der Waals surface area contributed by atoms with Crippen molar-refractivity contribution in [1.29, 1.82) is 0 Å². The van der Waals surface area contributed by atoms with Crippen molar-refractivity contribution in [2.24, 2.45) is 5.92 Å². The van der Waals surface area contributed by atoms with Gasteiger partial charge in [0.05, 0.1) is 46.6 Å². The predicted molar refractivity (Wildman–Crippen MR) is 145 cm³/mol. The minimum absolute atomic E-state index is 0.0449. The van der Waals surface area contributed by atoms with Crippen LogP contribution in [0.25, 0.3) is 10.6 Å². The highest BCUT2D eigenvalue weighted by Crippen LogP contribution is 2.33. The van der Waals surface area contributed by atoms with Gasteiger partial charge in [0.1, 0.15) is 12.4 Å². The van der Waals surface area contributed by atoms with E-state index in [4.69, 9.17) is 4.74 Å². The average Bonchev–Trinajstić information content (AvgIpc) is 3.50. The third kappa shape index (κ3) is 6.68. The molecular formula is C25H30FN7O4S2. The van der Waals surface area contributed by atoms with Crippen molar-refractivity contribution in [3.63, 3.8) is 0 Å². The number of likely N-dealkylation sites (tertiary alicyclic amines) is 1. The van der Waals surface area contributed by atoms with Gasteiger partial charge in [-0.25, -0.2) is 22.8 Å². The summed E-state index contributed by atoms with van der Waals surface area (Å²) in [5, 5.41) is 2.93. The first kappa shape index (κ1) is 27.3. The number of thiazole rings is 1. The van der Waals surface area contributed by atoms with Crippen LogP contribution in [0.3, 0.4) is 0 Å². The van der Waals surface area contributed by atoms with Crippen molar-refractivity contribution in [3.05, 3.63) is 47.6 Å². The van der Waals surface area contributed by atoms with Gasteiger partial charge in [-0.2, -0.15) is 0 Å². The first-order valence-electron chi connectivity index (χ1n) is 12.8. The topological polar surface area (TPSA) is 139 Å². The quantitative estimate of drug-likeness (QED) is 0.334. The molecule has 1 aliphatic heterocycles. The largest absolute Gasteiger partial charge is 0.477 e. The molecule has 0 radical (unpaired) electrons. The molecule has 39 heavy (non-hydrogen) atoms. The Morgan fingerprint density at radius 1 is 1.26 bits per heavy atom. The maximum Gasteiger partial charge on any atom is 0.280 e. The highest BCUT2D eigenvalue weighted by molar-refractivity contribution is 7.93. The Bertz CT molecular complexity index is 1420. The number of carbonyl (C=O) groups excluding carboxylic acids is 1. The number of sulfonamides is 1. The summed E-state index contributed by atoms with van der Waals surface area (Å²) >= 11 is 1.18. The molecule has 2 fully saturated rings. The smallest absolute Gasteiger partial charge is 0.280 e. The van der Waals surface area contributed by atoms with Crippen LogP contribution >= 0.6 is 11.3 Å². The third-order valence-corrected chi connectivity index (χ3v) is 9.54. The molecule has 0 bridgehead atoms. The Kier molecular flexibility index (Phi) is 8.33. The van der Waals surface area contributed by atoms with E-state index >= 15 is 0 Å². The highest BCUT2D eigenvalue weighted by atomic mass is 32.2. The molecule has 0 unspecified atom stereocenters. The summed E-state index contributed by atoms with van der Waals surface area (Å²) in [6, 6.07) is 2.72. The number of pyridine rings is 1. The van der Waals surface area contributed by atoms with E-state index < -0.39 is 22.7 Å². The first-order chi connectivity index (χ1) is 18.9. The van der Waals surface area contributed by atoms with Crippen LogP contribution in [0.4, 0.5) is 10.1 Å². The van der Waals surface area contributed by atoms with E-state index in [0.29, 0.717) is 66.9 Å². The lowest BCUT2D eigenvalue weighted by molar-refractivity contribution is 0.0919. The van der Waals surface area contributed by atoms with E-state index in [1.807, 2.05) is 11.8 Å². The summed E-state index contributed by atoms with van der Waals surface area (Å²) in [5.74, 6) is -0.0480. The molecule has 2 aliphatic rings. The second-order valence-electron chi connectivity index (χ2n) is 9.51. The molecule has 0 spiro atoms. The Labute approximate surface area is 230 Å². The Hall–Kier alpha value is -3.23. The molecule has 3 aromatic heterocycles. The fourth-order valence-corrected chi connectivity index (χ4v) is 6.74. The number of aromatic nitrogens is 4. The maximum absolute atomic E-state index is 13.4. The second-order valence-corrected chi connectivity index (χ2v) is 12.5. The molecule has 1 saturated carbocycles. The standard InChI is InChI=1S/C25H30FN7O4S2/c1-2-37-22-14-27-12-20(30-22)21-13-29-25(38-21)24(34)31-23(16-6-9-33(15-16)10-7-26)19-11-17(5-8-28-19)32-39(35,36)18-3-4-18/h5,8,11-14,16,18,23H,2-4,6-7,9-10,15H2,1H3,(H,28,32)(H,31,34)/t16-,23+/m0/s1. The van der Waals surface area contributed by atoms with Crippen LogP contribution in [0.1, 0.15) is 47.7 Å². The van der Waals surface area contributed by atoms with Crippen molar-refractivity contribution < 1.29 is 22.3 Å². The van der Waals surface area contributed by atoms with Gasteiger partial charge in [-0.3, -0.25) is 19.5 Å². The number of rotatable bonds is 12. The molecule has 1 saturated heterocycles. The molecule has 1 aliphatic carbocycles. The normalized spacial score (nSPS) is 18.6. The van der Waals surface area contributed by atoms with Gasteiger partial charge in [0.25, 0.3) is 5.91 Å². The van der Waals surface area contributed by atoms with E-state index in [-0.39, 0.29) is 22.1 Å². The lowest BCUT2D eigenvalue weighted by atomic mass is 9.95. The molecule has 0 aromatic carbocycles. The average molecular weight is 576 g/mol. The van der Waals surface area contributed by atoms with Gasteiger partial charge in [-0.1, -0.05) is 0 Å². The van der Waals surface area contributed by atoms with Crippen LogP contribution in [0, 0.1) is 5.92 Å². The van der Waals surface area contributed by atoms with E-state index in [2.05, 4.69) is 30.0 Å². The zero-order valence-corrected chi connectivity index (χ0v) is 23.0. The van der Waals surface area contributed by atoms with Crippen LogP contribution in [-0.4, -0.2) is 77.3 Å². The number of nitrogens with one attached hydrogen (secondary N) is 2. The monoisotopic (exact) mass is 575 g/mol. The summed E-state index contributed by atoms with van der Waals surface area (Å²) < 4.78 is 46.0. The lowest BCUT2D eigenvalue weighted by Crippen LogP contribution is -2.35. The zero-order chi connectivity index (χ0) is 27.4. The summed E-state index contributed by atoms with van der Waals surface area (Å²) in [5.41, 5.74) is 1.47. The van der Waals surface area contributed by atoms with E-state index in [0.717, 1.165) is 6.42 Å². The number of carbonyl (C=O) groups is 1. The molecule has 4 heterocycles. The van der Waals surface area contributed by atoms with Gasteiger partial charge in [-0.05, 0) is 50.8 Å². The maximum atomic E-state index is 13.4. The molecule has 1 amide bonds. The molecular weight excluding hydrogens is 545 g/mol. The van der Waals surface area contributed by atoms with Crippen molar-refractivity contribution in [2.75, 3.05) is 37.6 Å². The Morgan fingerprint density at radius 3 is 2.87 bits per heavy atom. The Balaban J connectivity index is 1.37. The van der Waals surface area contributed by atoms with Crippen LogP contribution in [0.15, 0.2) is 36.9 Å². The summed E-state index contributed by atoms with van der Waals surface area (Å²) in [6.45, 7) is 3.46. The molecule has 2 atom stereocenters. The lowest BCUT2D eigenvalue weighted by Gasteiger charge is -2.25. The van der Waals surface area contributed by atoms with Crippen LogP contribution in [0.5, 0.6) is 5.88 Å². The number of hydrogen-bond donors (Lipinski definition) is 2. The van der Waals surface area contributed by atoms with Crippen molar-refractivity contribution in [2.45, 2.75) is 37.5 Å². The van der Waals surface area contributed by atoms with Crippen molar-refractivity contribution in [3.8, 4) is 16.5 Å². The van der Waals surface area contributed by atoms with Crippen LogP contribution in [-0.2, 0) is 10.0 Å². The SMILES string of the molecule is CCOc1cncc(-c2cnc(C(=O)N[C@@H](c3cc(NS(=O)(=O)C4CC4)ccn3)[C@H]3CCN(CCF)C3)s2)n1. The molecule has 2 N–H and O–H groups in total. The summed E-state index contributed by atoms with van der Waals surface area (Å²) in [7, 11) is -3.46. The van der Waals surface area contributed by atoms with Crippen LogP contribution in [0.2, 0.25) is 0 Å². The number of halogens is 1. The van der Waals surface area contributed by atoms with Crippen molar-refractivity contribution >= 4 is 33.0 Å². The van der Waals surface area contributed by atoms with Gasteiger partial charge >= 0.3 is 0 Å². The van der Waals surface area contributed by atoms with Gasteiger partial charge in [-0.15, -0.1) is 11.3 Å². The molecule has 208 valence electrons. The fourth-order valence-electron chi connectivity index (χ4n) is 4.58. The highest BCUT2D eigenvalue weighted by Gasteiger charge is 2.36. The fraction of sp³-hybridized carbons (Fsp3) is 0.480. The number of ether oxygens (including phenoxy) is 1. The summed E-state index contributed by atoms with van der Waals surface area (Å²) in [6.07, 6.45) is 8.22. The van der Waals surface area contributed by atoms with Gasteiger partial charge in [0.15, 0.2) is 5.01 Å². The minimum atomic E-state index is -3.46. The number of anilines is 1. The van der Waals surface area contributed by atoms with Gasteiger partial charge in [0.2, 0.25) is 15.9 Å². The Morgan fingerprint density at radius 2 is 2.10 bits per heavy atom. The third-order valence-electron chi connectivity index (χ3n) is 6.65. The number of hydrogen-bond acceptors (Lipinski definition) is 10. The van der Waals surface area contributed by atoms with Crippen LogP contribution < -0.4 is 14.8 Å². The van der Waals surface area contributed by atoms with Gasteiger partial charge in [0, 0.05) is 25.5 Å². The zero-order valence-electron chi connectivity index (χ0n) is 21.4. The number of alkyl halides is 1.